The normalized spacial score (nSPS) is 11.8. The van der Waals surface area contributed by atoms with E-state index in [0.29, 0.717) is 17.7 Å². The van der Waals surface area contributed by atoms with E-state index >= 15 is 4.39 Å². The summed E-state index contributed by atoms with van der Waals surface area (Å²) in [5.74, 6) is -2.21. The number of rotatable bonds is 10. The molecule has 1 aromatic heterocycles. The lowest BCUT2D eigenvalue weighted by molar-refractivity contribution is 0.0804. The summed E-state index contributed by atoms with van der Waals surface area (Å²) in [6.07, 6.45) is -2.77. The van der Waals surface area contributed by atoms with Crippen molar-refractivity contribution in [1.29, 1.82) is 0 Å². The third-order valence-corrected chi connectivity index (χ3v) is 6.60. The van der Waals surface area contributed by atoms with E-state index in [-0.39, 0.29) is 46.0 Å². The Morgan fingerprint density at radius 2 is 1.80 bits per heavy atom. The summed E-state index contributed by atoms with van der Waals surface area (Å²) in [4.78, 5) is 17.5. The largest absolute Gasteiger partial charge is 0.487 e. The lowest BCUT2D eigenvalue weighted by Gasteiger charge is -2.19. The zero-order valence-electron chi connectivity index (χ0n) is 22.9. The molecule has 0 fully saturated rings. The summed E-state index contributed by atoms with van der Waals surface area (Å²) in [7, 11) is 1.58. The number of hydrogen-bond acceptors (Lipinski definition) is 5. The van der Waals surface area contributed by atoms with Crippen LogP contribution < -0.4 is 20.7 Å². The van der Waals surface area contributed by atoms with Gasteiger partial charge in [-0.3, -0.25) is 4.79 Å². The minimum atomic E-state index is -2.77. The predicted molar refractivity (Wildman–Crippen MR) is 155 cm³/mol. The topological polar surface area (TPSA) is 80.2 Å². The van der Waals surface area contributed by atoms with E-state index < -0.39 is 30.6 Å². The Kier molecular flexibility index (Phi) is 9.23. The number of fused-ring (bicyclic) bond motifs is 1. The number of imidazole rings is 1. The molecular formula is C29H30BrF4N5O2. The minimum Gasteiger partial charge on any atom is -0.487 e. The number of benzene rings is 3. The van der Waals surface area contributed by atoms with Crippen molar-refractivity contribution in [2.75, 3.05) is 23.8 Å². The third kappa shape index (κ3) is 7.56. The van der Waals surface area contributed by atoms with Gasteiger partial charge < -0.3 is 25.3 Å². The molecule has 1 heterocycles. The van der Waals surface area contributed by atoms with Crippen LogP contribution in [-0.4, -0.2) is 35.0 Å². The predicted octanol–water partition coefficient (Wildman–Crippen LogP) is 7.39. The first-order valence-corrected chi connectivity index (χ1v) is 13.5. The van der Waals surface area contributed by atoms with Gasteiger partial charge in [-0.15, -0.1) is 0 Å². The third-order valence-electron chi connectivity index (χ3n) is 6.07. The smallest absolute Gasteiger partial charge is 0.272 e. The molecule has 0 saturated carbocycles. The van der Waals surface area contributed by atoms with Crippen molar-refractivity contribution in [1.82, 2.24) is 14.9 Å². The number of halogens is 5. The standard InChI is InChI=1S/C29H30BrF4N5O2/c1-29(2,3)15-35-13-16-5-10-20(31)26(25(16)34)38-28-37-21-11-19(27(40)36-18-8-6-17(30)7-9-18)23(41-14-24(32)33)12-22(21)39(28)4/h5-12,24,35H,13-15H2,1-4H3,(H,36,40)(H,37,38). The average molecular weight is 636 g/mol. The first-order chi connectivity index (χ1) is 19.3. The molecule has 41 heavy (non-hydrogen) atoms. The highest BCUT2D eigenvalue weighted by atomic mass is 79.9. The molecule has 0 spiro atoms. The summed E-state index contributed by atoms with van der Waals surface area (Å²) in [5, 5.41) is 8.59. The fourth-order valence-corrected chi connectivity index (χ4v) is 4.31. The van der Waals surface area contributed by atoms with Gasteiger partial charge in [-0.05, 0) is 41.8 Å². The van der Waals surface area contributed by atoms with Crippen molar-refractivity contribution in [3.63, 3.8) is 0 Å². The van der Waals surface area contributed by atoms with Crippen molar-refractivity contribution in [2.24, 2.45) is 12.5 Å². The van der Waals surface area contributed by atoms with Crippen LogP contribution in [0, 0.1) is 17.0 Å². The van der Waals surface area contributed by atoms with Gasteiger partial charge in [0.15, 0.2) is 5.82 Å². The summed E-state index contributed by atoms with van der Waals surface area (Å²) < 4.78 is 63.6. The molecule has 0 bridgehead atoms. The second-order valence-corrected chi connectivity index (χ2v) is 11.6. The van der Waals surface area contributed by atoms with Crippen LogP contribution in [0.15, 0.2) is 53.0 Å². The Balaban J connectivity index is 1.67. The van der Waals surface area contributed by atoms with Gasteiger partial charge in [-0.25, -0.2) is 22.5 Å². The fourth-order valence-electron chi connectivity index (χ4n) is 4.04. The van der Waals surface area contributed by atoms with E-state index in [9.17, 15) is 18.0 Å². The van der Waals surface area contributed by atoms with Crippen LogP contribution in [0.5, 0.6) is 5.75 Å². The Morgan fingerprint density at radius 3 is 2.46 bits per heavy atom. The number of carbonyl (C=O) groups is 1. The summed E-state index contributed by atoms with van der Waals surface area (Å²) in [6, 6.07) is 12.1. The summed E-state index contributed by atoms with van der Waals surface area (Å²) in [6.45, 7) is 6.02. The van der Waals surface area contributed by atoms with Crippen LogP contribution in [0.4, 0.5) is 34.9 Å². The number of aromatic nitrogens is 2. The van der Waals surface area contributed by atoms with Crippen molar-refractivity contribution >= 4 is 50.2 Å². The van der Waals surface area contributed by atoms with Crippen molar-refractivity contribution < 1.29 is 27.1 Å². The molecule has 3 N–H and O–H groups in total. The molecule has 0 aliphatic heterocycles. The Bertz CT molecular complexity index is 1550. The Hall–Kier alpha value is -3.64. The molecule has 1 amide bonds. The van der Waals surface area contributed by atoms with E-state index in [0.717, 1.165) is 4.47 Å². The highest BCUT2D eigenvalue weighted by Gasteiger charge is 2.22. The van der Waals surface area contributed by atoms with E-state index in [4.69, 9.17) is 4.74 Å². The molecular weight excluding hydrogens is 606 g/mol. The quantitative estimate of drug-likeness (QED) is 0.158. The van der Waals surface area contributed by atoms with Crippen molar-refractivity contribution in [3.8, 4) is 5.75 Å². The number of hydrogen-bond donors (Lipinski definition) is 3. The maximum atomic E-state index is 15.3. The van der Waals surface area contributed by atoms with Gasteiger partial charge in [0.1, 0.15) is 23.9 Å². The van der Waals surface area contributed by atoms with Gasteiger partial charge in [0.2, 0.25) is 5.95 Å². The second-order valence-electron chi connectivity index (χ2n) is 10.7. The van der Waals surface area contributed by atoms with E-state index in [1.54, 1.807) is 31.3 Å². The molecule has 0 unspecified atom stereocenters. The zero-order chi connectivity index (χ0) is 29.9. The van der Waals surface area contributed by atoms with Crippen molar-refractivity contribution in [2.45, 2.75) is 33.7 Å². The summed E-state index contributed by atoms with van der Waals surface area (Å²) in [5.41, 5.74) is 0.980. The fraction of sp³-hybridized carbons (Fsp3) is 0.310. The molecule has 0 aliphatic carbocycles. The number of aryl methyl sites for hydroxylation is 1. The molecule has 0 aliphatic rings. The average Bonchev–Trinajstić information content (AvgIpc) is 3.20. The molecule has 7 nitrogen and oxygen atoms in total. The van der Waals surface area contributed by atoms with Crippen LogP contribution in [-0.2, 0) is 13.6 Å². The number of nitrogens with zero attached hydrogens (tertiary/aromatic N) is 2. The van der Waals surface area contributed by atoms with E-state index in [1.165, 1.54) is 28.8 Å². The molecule has 4 rings (SSSR count). The highest BCUT2D eigenvalue weighted by molar-refractivity contribution is 9.10. The number of amides is 1. The summed E-state index contributed by atoms with van der Waals surface area (Å²) >= 11 is 3.32. The molecule has 12 heteroatoms. The lowest BCUT2D eigenvalue weighted by atomic mass is 9.97. The number of ether oxygens (including phenoxy) is 1. The Morgan fingerprint density at radius 1 is 1.10 bits per heavy atom. The number of alkyl halides is 2. The van der Waals surface area contributed by atoms with Gasteiger partial charge in [-0.2, -0.15) is 0 Å². The second kappa shape index (κ2) is 12.5. The molecule has 218 valence electrons. The van der Waals surface area contributed by atoms with Gasteiger partial charge in [0, 0.05) is 41.9 Å². The maximum absolute atomic E-state index is 15.3. The first kappa shape index (κ1) is 30.3. The monoisotopic (exact) mass is 635 g/mol. The van der Waals surface area contributed by atoms with Crippen LogP contribution in [0.2, 0.25) is 0 Å². The van der Waals surface area contributed by atoms with Gasteiger partial charge in [-0.1, -0.05) is 42.8 Å². The van der Waals surface area contributed by atoms with Crippen LogP contribution in [0.3, 0.4) is 0 Å². The van der Waals surface area contributed by atoms with Crippen molar-refractivity contribution in [3.05, 3.63) is 75.8 Å². The van der Waals surface area contributed by atoms with Crippen LogP contribution in [0.1, 0.15) is 36.7 Å². The number of nitrogens with one attached hydrogen (secondary N) is 3. The Labute approximate surface area is 243 Å². The first-order valence-electron chi connectivity index (χ1n) is 12.8. The van der Waals surface area contributed by atoms with Crippen LogP contribution in [0.25, 0.3) is 11.0 Å². The van der Waals surface area contributed by atoms with E-state index in [2.05, 4.69) is 36.9 Å². The van der Waals surface area contributed by atoms with Gasteiger partial charge >= 0.3 is 0 Å². The molecule has 0 radical (unpaired) electrons. The van der Waals surface area contributed by atoms with Gasteiger partial charge in [0.25, 0.3) is 12.3 Å². The minimum absolute atomic E-state index is 0.0173. The van der Waals surface area contributed by atoms with Gasteiger partial charge in [0.05, 0.1) is 16.6 Å². The highest BCUT2D eigenvalue weighted by Crippen LogP contribution is 2.32. The maximum Gasteiger partial charge on any atom is 0.272 e. The van der Waals surface area contributed by atoms with Crippen LogP contribution >= 0.6 is 15.9 Å². The SMILES string of the molecule is Cn1c(Nc2c(F)ccc(CNCC(C)(C)C)c2F)nc2cc(C(=O)Nc3ccc(Br)cc3)c(OCC(F)F)cc21. The zero-order valence-corrected chi connectivity index (χ0v) is 24.5. The number of anilines is 3. The number of carbonyl (C=O) groups excluding carboxylic acids is 1. The lowest BCUT2D eigenvalue weighted by Crippen LogP contribution is -2.26. The molecule has 4 aromatic rings. The molecule has 3 aromatic carbocycles. The molecule has 0 saturated heterocycles. The molecule has 0 atom stereocenters. The van der Waals surface area contributed by atoms with E-state index in [1.807, 2.05) is 20.8 Å².